The number of ether oxygens (including phenoxy) is 1. The largest absolute Gasteiger partial charge is 0.439 e. The van der Waals surface area contributed by atoms with Crippen LogP contribution in [0.4, 0.5) is 4.79 Å². The Labute approximate surface area is 106 Å². The molecule has 2 aliphatic heterocycles. The van der Waals surface area contributed by atoms with Crippen LogP contribution in [0.5, 0.6) is 0 Å². The minimum atomic E-state index is -0.543. The first kappa shape index (κ1) is 12.9. The summed E-state index contributed by atoms with van der Waals surface area (Å²) in [6, 6.07) is -0.113. The van der Waals surface area contributed by atoms with Crippen molar-refractivity contribution in [1.29, 1.82) is 0 Å². The monoisotopic (exact) mass is 254 g/mol. The Morgan fingerprint density at radius 3 is 2.50 bits per heavy atom. The zero-order valence-corrected chi connectivity index (χ0v) is 10.6. The second-order valence-electron chi connectivity index (χ2n) is 4.68. The highest BCUT2D eigenvalue weighted by Gasteiger charge is 2.38. The van der Waals surface area contributed by atoms with Gasteiger partial charge in [-0.1, -0.05) is 6.92 Å². The number of nitrogens with zero attached hydrogens (tertiary/aromatic N) is 2. The van der Waals surface area contributed by atoms with Crippen LogP contribution in [0.2, 0.25) is 0 Å². The summed E-state index contributed by atoms with van der Waals surface area (Å²) in [6.45, 7) is 3.05. The normalized spacial score (nSPS) is 21.4. The summed E-state index contributed by atoms with van der Waals surface area (Å²) in [5.74, 6) is -0.107. The van der Waals surface area contributed by atoms with Gasteiger partial charge in [0.2, 0.25) is 5.91 Å². The van der Waals surface area contributed by atoms with Crippen molar-refractivity contribution >= 4 is 17.9 Å². The van der Waals surface area contributed by atoms with E-state index in [1.54, 1.807) is 0 Å². The molecule has 0 spiro atoms. The molecule has 2 aliphatic rings. The Morgan fingerprint density at radius 2 is 2.00 bits per heavy atom. The summed E-state index contributed by atoms with van der Waals surface area (Å²) >= 11 is 0. The number of carbonyl (C=O) groups is 3. The van der Waals surface area contributed by atoms with E-state index >= 15 is 0 Å². The predicted octanol–water partition coefficient (Wildman–Crippen LogP) is 0.756. The molecule has 6 nitrogen and oxygen atoms in total. The highest BCUT2D eigenvalue weighted by Crippen LogP contribution is 2.21. The third-order valence-corrected chi connectivity index (χ3v) is 3.43. The number of hydrogen-bond acceptors (Lipinski definition) is 4. The predicted molar refractivity (Wildman–Crippen MR) is 62.7 cm³/mol. The van der Waals surface area contributed by atoms with Gasteiger partial charge in [-0.15, -0.1) is 0 Å². The highest BCUT2D eigenvalue weighted by atomic mass is 16.6. The lowest BCUT2D eigenvalue weighted by Crippen LogP contribution is -2.48. The molecule has 100 valence electrons. The molecule has 0 aromatic rings. The van der Waals surface area contributed by atoms with E-state index in [4.69, 9.17) is 4.74 Å². The van der Waals surface area contributed by atoms with E-state index in [9.17, 15) is 14.4 Å². The fourth-order valence-electron chi connectivity index (χ4n) is 2.46. The van der Waals surface area contributed by atoms with E-state index in [0.29, 0.717) is 32.4 Å². The average Bonchev–Trinajstić information content (AvgIpc) is 2.70. The molecule has 2 fully saturated rings. The maximum absolute atomic E-state index is 11.7. The van der Waals surface area contributed by atoms with Crippen molar-refractivity contribution in [2.45, 2.75) is 38.6 Å². The number of cyclic esters (lactones) is 1. The second kappa shape index (κ2) is 5.37. The molecule has 0 unspecified atom stereocenters. The second-order valence-corrected chi connectivity index (χ2v) is 4.68. The van der Waals surface area contributed by atoms with Crippen LogP contribution < -0.4 is 0 Å². The minimum absolute atomic E-state index is 0.113. The Bertz CT molecular complexity index is 345. The van der Waals surface area contributed by atoms with Crippen molar-refractivity contribution in [2.75, 3.05) is 19.7 Å². The summed E-state index contributed by atoms with van der Waals surface area (Å²) in [7, 11) is 0. The van der Waals surface area contributed by atoms with E-state index in [1.807, 2.05) is 11.8 Å². The molecule has 2 rings (SSSR count). The topological polar surface area (TPSA) is 66.9 Å². The van der Waals surface area contributed by atoms with Gasteiger partial charge < -0.3 is 9.64 Å². The van der Waals surface area contributed by atoms with E-state index in [0.717, 1.165) is 6.42 Å². The number of amides is 3. The van der Waals surface area contributed by atoms with Gasteiger partial charge in [-0.3, -0.25) is 9.59 Å². The first-order valence-corrected chi connectivity index (χ1v) is 6.40. The quantitative estimate of drug-likeness (QED) is 0.745. The zero-order valence-electron chi connectivity index (χ0n) is 10.6. The fourth-order valence-corrected chi connectivity index (χ4v) is 2.46. The summed E-state index contributed by atoms with van der Waals surface area (Å²) in [6.07, 6.45) is 2.16. The van der Waals surface area contributed by atoms with Crippen LogP contribution in [-0.4, -0.2) is 53.4 Å². The summed E-state index contributed by atoms with van der Waals surface area (Å²) in [5.41, 5.74) is 0. The van der Waals surface area contributed by atoms with Crippen molar-refractivity contribution in [3.05, 3.63) is 0 Å². The molecule has 0 saturated carbocycles. The molecule has 18 heavy (non-hydrogen) atoms. The molecule has 0 bridgehead atoms. The van der Waals surface area contributed by atoms with Gasteiger partial charge in [0.25, 0.3) is 5.91 Å². The van der Waals surface area contributed by atoms with E-state index in [2.05, 4.69) is 0 Å². The molecule has 0 aromatic carbocycles. The average molecular weight is 254 g/mol. The lowest BCUT2D eigenvalue weighted by atomic mass is 10.0. The van der Waals surface area contributed by atoms with Crippen LogP contribution >= 0.6 is 0 Å². The summed E-state index contributed by atoms with van der Waals surface area (Å²) in [5, 5.41) is 0. The summed E-state index contributed by atoms with van der Waals surface area (Å²) in [4.78, 5) is 37.6. The standard InChI is InChI=1S/C12H18N2O4/c1-2-3-10(15)13-6-4-9(5-7-13)14-11(16)8-18-12(14)17/h9H,2-8H2,1H3. The Hall–Kier alpha value is -1.59. The van der Waals surface area contributed by atoms with Gasteiger partial charge in [0.15, 0.2) is 6.61 Å². The van der Waals surface area contributed by atoms with E-state index < -0.39 is 6.09 Å². The molecule has 0 N–H and O–H groups in total. The molecule has 2 saturated heterocycles. The molecule has 0 aliphatic carbocycles. The third-order valence-electron chi connectivity index (χ3n) is 3.43. The number of likely N-dealkylation sites (tertiary alicyclic amines) is 1. The lowest BCUT2D eigenvalue weighted by molar-refractivity contribution is -0.133. The van der Waals surface area contributed by atoms with Gasteiger partial charge in [-0.05, 0) is 19.3 Å². The smallest absolute Gasteiger partial charge is 0.417 e. The van der Waals surface area contributed by atoms with Crippen molar-refractivity contribution in [1.82, 2.24) is 9.80 Å². The van der Waals surface area contributed by atoms with Crippen LogP contribution in [0.25, 0.3) is 0 Å². The van der Waals surface area contributed by atoms with Crippen molar-refractivity contribution < 1.29 is 19.1 Å². The number of piperidine rings is 1. The van der Waals surface area contributed by atoms with Gasteiger partial charge in [-0.25, -0.2) is 9.69 Å². The minimum Gasteiger partial charge on any atom is -0.439 e. The van der Waals surface area contributed by atoms with Crippen LogP contribution in [0, 0.1) is 0 Å². The molecule has 0 aromatic heterocycles. The van der Waals surface area contributed by atoms with Crippen LogP contribution in [-0.2, 0) is 14.3 Å². The van der Waals surface area contributed by atoms with Gasteiger partial charge in [-0.2, -0.15) is 0 Å². The Kier molecular flexibility index (Phi) is 3.84. The van der Waals surface area contributed by atoms with Gasteiger partial charge in [0, 0.05) is 25.6 Å². The summed E-state index contributed by atoms with van der Waals surface area (Å²) < 4.78 is 4.70. The fraction of sp³-hybridized carbons (Fsp3) is 0.750. The number of rotatable bonds is 3. The number of imide groups is 1. The number of carbonyl (C=O) groups excluding carboxylic acids is 3. The molecule has 2 heterocycles. The van der Waals surface area contributed by atoms with Crippen LogP contribution in [0.15, 0.2) is 0 Å². The lowest BCUT2D eigenvalue weighted by Gasteiger charge is -2.34. The maximum atomic E-state index is 11.7. The van der Waals surface area contributed by atoms with Crippen LogP contribution in [0.1, 0.15) is 32.6 Å². The molecular formula is C12H18N2O4. The third kappa shape index (κ3) is 2.47. The van der Waals surface area contributed by atoms with E-state index in [-0.39, 0.29) is 24.5 Å². The SMILES string of the molecule is CCCC(=O)N1CCC(N2C(=O)COC2=O)CC1. The first-order chi connectivity index (χ1) is 8.63. The highest BCUT2D eigenvalue weighted by molar-refractivity contribution is 5.98. The maximum Gasteiger partial charge on any atom is 0.417 e. The molecule has 0 radical (unpaired) electrons. The van der Waals surface area contributed by atoms with Gasteiger partial charge in [0.05, 0.1) is 0 Å². The van der Waals surface area contributed by atoms with Crippen molar-refractivity contribution in [3.63, 3.8) is 0 Å². The van der Waals surface area contributed by atoms with Crippen molar-refractivity contribution in [3.8, 4) is 0 Å². The molecular weight excluding hydrogens is 236 g/mol. The number of hydrogen-bond donors (Lipinski definition) is 0. The first-order valence-electron chi connectivity index (χ1n) is 6.40. The van der Waals surface area contributed by atoms with Gasteiger partial charge in [0.1, 0.15) is 0 Å². The van der Waals surface area contributed by atoms with Crippen LogP contribution in [0.3, 0.4) is 0 Å². The Morgan fingerprint density at radius 1 is 1.33 bits per heavy atom. The van der Waals surface area contributed by atoms with Gasteiger partial charge >= 0.3 is 6.09 Å². The van der Waals surface area contributed by atoms with Crippen molar-refractivity contribution in [2.24, 2.45) is 0 Å². The zero-order chi connectivity index (χ0) is 13.1. The molecule has 6 heteroatoms. The molecule has 0 atom stereocenters. The molecule has 3 amide bonds. The van der Waals surface area contributed by atoms with E-state index in [1.165, 1.54) is 4.90 Å². The Balaban J connectivity index is 1.88.